The van der Waals surface area contributed by atoms with Crippen LogP contribution in [-0.4, -0.2) is 4.57 Å². The standard InChI is InChI=1S/C12H10F3NO/c1-7-5-11(17)9-4-3-8(12(13,14)15)6-10(9)16(7)2/h3-6H,1-2H3. The van der Waals surface area contributed by atoms with E-state index < -0.39 is 11.7 Å². The summed E-state index contributed by atoms with van der Waals surface area (Å²) in [6.07, 6.45) is -4.39. The Morgan fingerprint density at radius 3 is 2.41 bits per heavy atom. The second kappa shape index (κ2) is 3.61. The van der Waals surface area contributed by atoms with Crippen molar-refractivity contribution in [2.45, 2.75) is 13.1 Å². The van der Waals surface area contributed by atoms with Gasteiger partial charge in [-0.1, -0.05) is 0 Å². The predicted molar refractivity (Wildman–Crippen MR) is 58.9 cm³/mol. The van der Waals surface area contributed by atoms with Crippen LogP contribution in [0, 0.1) is 6.92 Å². The van der Waals surface area contributed by atoms with Crippen LogP contribution in [0.25, 0.3) is 10.9 Å². The van der Waals surface area contributed by atoms with E-state index in [0.717, 1.165) is 12.1 Å². The van der Waals surface area contributed by atoms with Crippen LogP contribution in [0.4, 0.5) is 13.2 Å². The lowest BCUT2D eigenvalue weighted by Gasteiger charge is -2.12. The van der Waals surface area contributed by atoms with Crippen LogP contribution in [-0.2, 0) is 13.2 Å². The molecule has 1 aromatic carbocycles. The van der Waals surface area contributed by atoms with Gasteiger partial charge in [0, 0.05) is 24.2 Å². The van der Waals surface area contributed by atoms with Gasteiger partial charge in [0.15, 0.2) is 5.43 Å². The SMILES string of the molecule is Cc1cc(=O)c2ccc(C(F)(F)F)cc2n1C. The Labute approximate surface area is 95.3 Å². The fraction of sp³-hybridized carbons (Fsp3) is 0.250. The Balaban J connectivity index is 2.86. The van der Waals surface area contributed by atoms with E-state index in [4.69, 9.17) is 0 Å². The van der Waals surface area contributed by atoms with Crippen molar-refractivity contribution in [2.24, 2.45) is 7.05 Å². The number of aryl methyl sites for hydroxylation is 2. The van der Waals surface area contributed by atoms with E-state index in [1.165, 1.54) is 12.1 Å². The average Bonchev–Trinajstić information content (AvgIpc) is 2.24. The van der Waals surface area contributed by atoms with E-state index in [0.29, 0.717) is 16.6 Å². The molecule has 1 aromatic heterocycles. The van der Waals surface area contributed by atoms with Crippen molar-refractivity contribution in [1.82, 2.24) is 4.57 Å². The van der Waals surface area contributed by atoms with E-state index in [-0.39, 0.29) is 5.43 Å². The molecule has 0 aliphatic carbocycles. The Kier molecular flexibility index (Phi) is 2.49. The normalized spacial score (nSPS) is 12.1. The maximum atomic E-state index is 12.6. The molecule has 90 valence electrons. The molecular weight excluding hydrogens is 231 g/mol. The highest BCUT2D eigenvalue weighted by atomic mass is 19.4. The van der Waals surface area contributed by atoms with E-state index in [1.54, 1.807) is 18.5 Å². The largest absolute Gasteiger partial charge is 0.416 e. The van der Waals surface area contributed by atoms with Gasteiger partial charge in [0.25, 0.3) is 0 Å². The first-order chi connectivity index (χ1) is 7.80. The van der Waals surface area contributed by atoms with Crippen LogP contribution in [0.3, 0.4) is 0 Å². The van der Waals surface area contributed by atoms with Gasteiger partial charge in [-0.25, -0.2) is 0 Å². The lowest BCUT2D eigenvalue weighted by molar-refractivity contribution is -0.137. The zero-order valence-electron chi connectivity index (χ0n) is 9.30. The zero-order valence-corrected chi connectivity index (χ0v) is 9.30. The Morgan fingerprint density at radius 1 is 1.18 bits per heavy atom. The summed E-state index contributed by atoms with van der Waals surface area (Å²) in [4.78, 5) is 11.6. The molecule has 0 aliphatic rings. The molecule has 0 saturated heterocycles. The first-order valence-corrected chi connectivity index (χ1v) is 4.98. The molecule has 17 heavy (non-hydrogen) atoms. The molecule has 0 spiro atoms. The summed E-state index contributed by atoms with van der Waals surface area (Å²) < 4.78 is 39.3. The highest BCUT2D eigenvalue weighted by Gasteiger charge is 2.30. The van der Waals surface area contributed by atoms with Gasteiger partial charge in [0.2, 0.25) is 0 Å². The average molecular weight is 241 g/mol. The summed E-state index contributed by atoms with van der Waals surface area (Å²) in [5, 5.41) is 0.297. The molecule has 0 bridgehead atoms. The number of nitrogens with zero attached hydrogens (tertiary/aromatic N) is 1. The summed E-state index contributed by atoms with van der Waals surface area (Å²) in [7, 11) is 1.64. The molecule has 0 N–H and O–H groups in total. The third-order valence-corrected chi connectivity index (χ3v) is 2.82. The zero-order chi connectivity index (χ0) is 12.8. The maximum absolute atomic E-state index is 12.6. The van der Waals surface area contributed by atoms with Gasteiger partial charge in [-0.2, -0.15) is 13.2 Å². The van der Waals surface area contributed by atoms with Gasteiger partial charge in [-0.3, -0.25) is 4.79 Å². The molecule has 0 atom stereocenters. The minimum atomic E-state index is -4.39. The van der Waals surface area contributed by atoms with Crippen molar-refractivity contribution in [2.75, 3.05) is 0 Å². The summed E-state index contributed by atoms with van der Waals surface area (Å²) in [6, 6.07) is 4.57. The number of benzene rings is 1. The number of fused-ring (bicyclic) bond motifs is 1. The fourth-order valence-electron chi connectivity index (χ4n) is 1.75. The first-order valence-electron chi connectivity index (χ1n) is 4.98. The van der Waals surface area contributed by atoms with E-state index in [1.807, 2.05) is 0 Å². The first kappa shape index (κ1) is 11.7. The Morgan fingerprint density at radius 2 is 1.82 bits per heavy atom. The molecule has 5 heteroatoms. The molecule has 0 saturated carbocycles. The van der Waals surface area contributed by atoms with E-state index in [2.05, 4.69) is 0 Å². The van der Waals surface area contributed by atoms with Crippen molar-refractivity contribution < 1.29 is 13.2 Å². The van der Waals surface area contributed by atoms with Gasteiger partial charge < -0.3 is 4.57 Å². The van der Waals surface area contributed by atoms with Crippen LogP contribution in [0.15, 0.2) is 29.1 Å². The summed E-state index contributed by atoms with van der Waals surface area (Å²) in [5.74, 6) is 0. The summed E-state index contributed by atoms with van der Waals surface area (Å²) >= 11 is 0. The Bertz CT molecular complexity index is 640. The lowest BCUT2D eigenvalue weighted by Crippen LogP contribution is -2.11. The molecule has 0 radical (unpaired) electrons. The smallest absolute Gasteiger partial charge is 0.348 e. The van der Waals surface area contributed by atoms with Gasteiger partial charge in [0.05, 0.1) is 11.1 Å². The quantitative estimate of drug-likeness (QED) is 0.695. The number of rotatable bonds is 0. The second-order valence-electron chi connectivity index (χ2n) is 3.94. The molecule has 0 fully saturated rings. The third kappa shape index (κ3) is 1.92. The minimum absolute atomic E-state index is 0.260. The molecule has 2 nitrogen and oxygen atoms in total. The van der Waals surface area contributed by atoms with Gasteiger partial charge >= 0.3 is 6.18 Å². The molecule has 1 heterocycles. The maximum Gasteiger partial charge on any atom is 0.416 e. The number of aromatic nitrogens is 1. The topological polar surface area (TPSA) is 22.0 Å². The summed E-state index contributed by atoms with van der Waals surface area (Å²) in [5.41, 5.74) is -0.0819. The van der Waals surface area contributed by atoms with Crippen molar-refractivity contribution in [3.63, 3.8) is 0 Å². The highest BCUT2D eigenvalue weighted by Crippen LogP contribution is 2.30. The number of hydrogen-bond acceptors (Lipinski definition) is 1. The molecular formula is C12H10F3NO. The second-order valence-corrected chi connectivity index (χ2v) is 3.94. The Hall–Kier alpha value is -1.78. The van der Waals surface area contributed by atoms with Gasteiger partial charge in [-0.05, 0) is 25.1 Å². The van der Waals surface area contributed by atoms with Gasteiger partial charge in [0.1, 0.15) is 0 Å². The fourth-order valence-corrected chi connectivity index (χ4v) is 1.75. The van der Waals surface area contributed by atoms with Crippen LogP contribution in [0.5, 0.6) is 0 Å². The van der Waals surface area contributed by atoms with Crippen molar-refractivity contribution in [3.05, 3.63) is 45.7 Å². The molecule has 2 aromatic rings. The highest BCUT2D eigenvalue weighted by molar-refractivity contribution is 5.80. The van der Waals surface area contributed by atoms with Crippen molar-refractivity contribution in [1.29, 1.82) is 0 Å². The van der Waals surface area contributed by atoms with Crippen LogP contribution >= 0.6 is 0 Å². The molecule has 2 rings (SSSR count). The van der Waals surface area contributed by atoms with Crippen molar-refractivity contribution in [3.8, 4) is 0 Å². The lowest BCUT2D eigenvalue weighted by atomic mass is 10.1. The molecule has 0 unspecified atom stereocenters. The van der Waals surface area contributed by atoms with Crippen LogP contribution in [0.2, 0.25) is 0 Å². The van der Waals surface area contributed by atoms with Crippen molar-refractivity contribution >= 4 is 10.9 Å². The van der Waals surface area contributed by atoms with Crippen LogP contribution in [0.1, 0.15) is 11.3 Å². The number of pyridine rings is 1. The number of halogens is 3. The van der Waals surface area contributed by atoms with E-state index in [9.17, 15) is 18.0 Å². The van der Waals surface area contributed by atoms with Crippen LogP contribution < -0.4 is 5.43 Å². The van der Waals surface area contributed by atoms with E-state index >= 15 is 0 Å². The predicted octanol–water partition coefficient (Wildman–Crippen LogP) is 2.87. The molecule has 0 amide bonds. The van der Waals surface area contributed by atoms with Gasteiger partial charge in [-0.15, -0.1) is 0 Å². The number of alkyl halides is 3. The molecule has 0 aliphatic heterocycles. The monoisotopic (exact) mass is 241 g/mol. The summed E-state index contributed by atoms with van der Waals surface area (Å²) in [6.45, 7) is 1.68. The third-order valence-electron chi connectivity index (χ3n) is 2.82. The number of hydrogen-bond donors (Lipinski definition) is 0. The minimum Gasteiger partial charge on any atom is -0.348 e.